The molecule has 126 valence electrons. The van der Waals surface area contributed by atoms with Crippen molar-refractivity contribution in [3.63, 3.8) is 0 Å². The first-order valence-corrected chi connectivity index (χ1v) is 7.58. The summed E-state index contributed by atoms with van der Waals surface area (Å²) in [6.45, 7) is 9.54. The lowest BCUT2D eigenvalue weighted by molar-refractivity contribution is -0.137. The molecule has 1 rings (SSSR count). The highest BCUT2D eigenvalue weighted by atomic mass is 16.6. The van der Waals surface area contributed by atoms with Crippen molar-refractivity contribution in [1.29, 1.82) is 0 Å². The second-order valence-electron chi connectivity index (χ2n) is 6.89. The Morgan fingerprint density at radius 2 is 2.05 bits per heavy atom. The molecule has 1 heterocycles. The van der Waals surface area contributed by atoms with Gasteiger partial charge in [-0.2, -0.15) is 0 Å². The minimum atomic E-state index is -0.797. The Hall–Kier alpha value is -1.56. The highest BCUT2D eigenvalue weighted by molar-refractivity contribution is 5.70. The number of carbonyl (C=O) groups is 2. The van der Waals surface area contributed by atoms with Gasteiger partial charge in [0.15, 0.2) is 0 Å². The summed E-state index contributed by atoms with van der Waals surface area (Å²) in [7, 11) is 0. The van der Waals surface area contributed by atoms with E-state index in [0.29, 0.717) is 19.4 Å². The number of carboxylic acids is 1. The molecule has 6 nitrogen and oxygen atoms in total. The second kappa shape index (κ2) is 7.13. The number of amides is 1. The molecule has 6 heteroatoms. The lowest BCUT2D eigenvalue weighted by atomic mass is 10.1. The second-order valence-corrected chi connectivity index (χ2v) is 6.89. The van der Waals surface area contributed by atoms with Crippen LogP contribution in [0.25, 0.3) is 0 Å². The Balaban J connectivity index is 2.67. The summed E-state index contributed by atoms with van der Waals surface area (Å²) in [6.07, 6.45) is 4.76. The zero-order valence-corrected chi connectivity index (χ0v) is 14.1. The van der Waals surface area contributed by atoms with Crippen LogP contribution in [0.4, 0.5) is 4.79 Å². The maximum Gasteiger partial charge on any atom is 0.413 e. The lowest BCUT2D eigenvalue weighted by Gasteiger charge is -2.34. The number of unbranched alkanes of at least 4 members (excludes halogenated alkanes) is 1. The monoisotopic (exact) mass is 313 g/mol. The molecule has 0 bridgehead atoms. The van der Waals surface area contributed by atoms with E-state index in [4.69, 9.17) is 14.6 Å². The Morgan fingerprint density at radius 3 is 2.59 bits per heavy atom. The molecule has 1 aliphatic heterocycles. The van der Waals surface area contributed by atoms with Gasteiger partial charge in [0.05, 0.1) is 12.6 Å². The molecule has 1 fully saturated rings. The van der Waals surface area contributed by atoms with Crippen molar-refractivity contribution in [2.75, 3.05) is 6.61 Å². The number of carboxylic acid groups (broad SMARTS) is 1. The van der Waals surface area contributed by atoms with Crippen LogP contribution < -0.4 is 0 Å². The molecule has 0 radical (unpaired) electrons. The van der Waals surface area contributed by atoms with Crippen molar-refractivity contribution in [1.82, 2.24) is 4.90 Å². The molecule has 0 aromatic heterocycles. The van der Waals surface area contributed by atoms with Gasteiger partial charge in [0.2, 0.25) is 0 Å². The van der Waals surface area contributed by atoms with Crippen LogP contribution in [0, 0.1) is 0 Å². The lowest BCUT2D eigenvalue weighted by Crippen LogP contribution is -2.49. The van der Waals surface area contributed by atoms with E-state index in [1.165, 1.54) is 0 Å². The van der Waals surface area contributed by atoms with Gasteiger partial charge in [0.1, 0.15) is 11.3 Å². The number of nitrogens with zero attached hydrogens (tertiary/aromatic N) is 1. The van der Waals surface area contributed by atoms with Gasteiger partial charge >= 0.3 is 12.1 Å². The number of hydrogen-bond acceptors (Lipinski definition) is 4. The molecule has 0 aromatic carbocycles. The number of hydrogen-bond donors (Lipinski definition) is 1. The van der Waals surface area contributed by atoms with Crippen molar-refractivity contribution >= 4 is 12.1 Å². The normalized spacial score (nSPS) is 21.3. The molecule has 1 saturated heterocycles. The number of ether oxygens (including phenoxy) is 2. The van der Waals surface area contributed by atoms with E-state index in [0.717, 1.165) is 0 Å². The number of rotatable bonds is 5. The third-order valence-electron chi connectivity index (χ3n) is 3.23. The van der Waals surface area contributed by atoms with Crippen molar-refractivity contribution < 1.29 is 24.2 Å². The predicted octanol–water partition coefficient (Wildman–Crippen LogP) is 3.17. The molecule has 0 saturated carbocycles. The van der Waals surface area contributed by atoms with Gasteiger partial charge in [0, 0.05) is 6.42 Å². The molecule has 1 N–H and O–H groups in total. The Bertz CT molecular complexity index is 436. The van der Waals surface area contributed by atoms with Gasteiger partial charge in [-0.3, -0.25) is 9.69 Å². The fourth-order valence-corrected chi connectivity index (χ4v) is 2.27. The van der Waals surface area contributed by atoms with Crippen molar-refractivity contribution in [3.05, 3.63) is 12.2 Å². The van der Waals surface area contributed by atoms with Gasteiger partial charge in [-0.15, -0.1) is 0 Å². The molecule has 0 unspecified atom stereocenters. The number of allylic oxidation sites excluding steroid dienone is 1. The van der Waals surface area contributed by atoms with Crippen LogP contribution in [0.5, 0.6) is 0 Å². The predicted molar refractivity (Wildman–Crippen MR) is 82.5 cm³/mol. The third-order valence-corrected chi connectivity index (χ3v) is 3.23. The summed E-state index contributed by atoms with van der Waals surface area (Å²) in [4.78, 5) is 24.4. The Morgan fingerprint density at radius 1 is 1.41 bits per heavy atom. The standard InChI is InChI=1S/C16H27NO5/c1-15(2,3)22-14(20)17-12(11-21-16(17,4)5)9-7-6-8-10-13(18)19/h7,9,12H,6,8,10-11H2,1-5H3,(H,18,19)/b9-7-/t12-/m1/s1. The first kappa shape index (κ1) is 18.5. The summed E-state index contributed by atoms with van der Waals surface area (Å²) in [5, 5.41) is 8.60. The number of aliphatic carboxylic acids is 1. The summed E-state index contributed by atoms with van der Waals surface area (Å²) >= 11 is 0. The van der Waals surface area contributed by atoms with Crippen LogP contribution >= 0.6 is 0 Å². The van der Waals surface area contributed by atoms with Gasteiger partial charge < -0.3 is 14.6 Å². The molecule has 1 amide bonds. The zero-order valence-electron chi connectivity index (χ0n) is 14.1. The molecule has 22 heavy (non-hydrogen) atoms. The fraction of sp³-hybridized carbons (Fsp3) is 0.750. The first-order chi connectivity index (χ1) is 10.0. The van der Waals surface area contributed by atoms with Gasteiger partial charge in [0.25, 0.3) is 0 Å². The average molecular weight is 313 g/mol. The molecule has 1 atom stereocenters. The van der Waals surface area contributed by atoms with Crippen molar-refractivity contribution in [2.45, 2.75) is 71.2 Å². The number of carbonyl (C=O) groups excluding carboxylic acids is 1. The summed E-state index contributed by atoms with van der Waals surface area (Å²) in [5.74, 6) is -0.797. The van der Waals surface area contributed by atoms with Crippen molar-refractivity contribution in [2.24, 2.45) is 0 Å². The highest BCUT2D eigenvalue weighted by Gasteiger charge is 2.44. The maximum atomic E-state index is 12.4. The molecule has 0 aromatic rings. The Labute approximate surface area is 132 Å². The van der Waals surface area contributed by atoms with E-state index in [2.05, 4.69) is 0 Å². The minimum absolute atomic E-state index is 0.146. The summed E-state index contributed by atoms with van der Waals surface area (Å²) in [6, 6.07) is -0.199. The van der Waals surface area contributed by atoms with Crippen LogP contribution in [-0.2, 0) is 14.3 Å². The first-order valence-electron chi connectivity index (χ1n) is 7.58. The van der Waals surface area contributed by atoms with Crippen LogP contribution in [0.3, 0.4) is 0 Å². The maximum absolute atomic E-state index is 12.4. The van der Waals surface area contributed by atoms with Crippen LogP contribution in [0.2, 0.25) is 0 Å². The fourth-order valence-electron chi connectivity index (χ4n) is 2.27. The SMILES string of the molecule is CC(C)(C)OC(=O)N1[C@H](/C=C\CCCC(=O)O)COC1(C)C. The molecular formula is C16H27NO5. The molecule has 1 aliphatic rings. The van der Waals surface area contributed by atoms with Gasteiger partial charge in [-0.25, -0.2) is 4.79 Å². The van der Waals surface area contributed by atoms with E-state index >= 15 is 0 Å². The highest BCUT2D eigenvalue weighted by Crippen LogP contribution is 2.30. The molecular weight excluding hydrogens is 286 g/mol. The van der Waals surface area contributed by atoms with Gasteiger partial charge in [-0.05, 0) is 47.5 Å². The molecule has 0 spiro atoms. The smallest absolute Gasteiger partial charge is 0.413 e. The van der Waals surface area contributed by atoms with E-state index in [9.17, 15) is 9.59 Å². The van der Waals surface area contributed by atoms with Crippen LogP contribution in [0.1, 0.15) is 53.9 Å². The van der Waals surface area contributed by atoms with E-state index in [1.54, 1.807) is 4.90 Å². The van der Waals surface area contributed by atoms with Crippen LogP contribution in [-0.4, -0.2) is 46.0 Å². The minimum Gasteiger partial charge on any atom is -0.481 e. The summed E-state index contributed by atoms with van der Waals surface area (Å²) in [5.41, 5.74) is -1.29. The average Bonchev–Trinajstić information content (AvgIpc) is 2.61. The van der Waals surface area contributed by atoms with E-state index < -0.39 is 23.4 Å². The molecule has 0 aliphatic carbocycles. The quantitative estimate of drug-likeness (QED) is 0.623. The largest absolute Gasteiger partial charge is 0.481 e. The van der Waals surface area contributed by atoms with E-state index in [1.807, 2.05) is 46.8 Å². The van der Waals surface area contributed by atoms with E-state index in [-0.39, 0.29) is 12.5 Å². The third kappa shape index (κ3) is 5.67. The van der Waals surface area contributed by atoms with Crippen molar-refractivity contribution in [3.8, 4) is 0 Å². The van der Waals surface area contributed by atoms with Crippen LogP contribution in [0.15, 0.2) is 12.2 Å². The topological polar surface area (TPSA) is 76.1 Å². The van der Waals surface area contributed by atoms with Gasteiger partial charge in [-0.1, -0.05) is 12.2 Å². The summed E-state index contributed by atoms with van der Waals surface area (Å²) < 4.78 is 11.1. The zero-order chi connectivity index (χ0) is 17.0. The Kier molecular flexibility index (Phi) is 6.00.